The molecule has 0 bridgehead atoms. The Bertz CT molecular complexity index is 854. The summed E-state index contributed by atoms with van der Waals surface area (Å²) >= 11 is 7.70. The molecular formula is C26H33ClN2O2S. The summed E-state index contributed by atoms with van der Waals surface area (Å²) in [5, 5.41) is 3.88. The topological polar surface area (TPSA) is 49.4 Å². The fourth-order valence-corrected chi connectivity index (χ4v) is 5.15. The van der Waals surface area contributed by atoms with Crippen molar-refractivity contribution in [2.45, 2.75) is 75.4 Å². The summed E-state index contributed by atoms with van der Waals surface area (Å²) in [6.07, 6.45) is 6.59. The van der Waals surface area contributed by atoms with Gasteiger partial charge < -0.3 is 10.2 Å². The smallest absolute Gasteiger partial charge is 0.243 e. The highest BCUT2D eigenvalue weighted by Gasteiger charge is 2.30. The maximum Gasteiger partial charge on any atom is 0.243 e. The second-order valence-corrected chi connectivity index (χ2v) is 9.93. The Labute approximate surface area is 201 Å². The summed E-state index contributed by atoms with van der Waals surface area (Å²) in [6.45, 7) is 2.38. The predicted octanol–water partition coefficient (Wildman–Crippen LogP) is 6.08. The second kappa shape index (κ2) is 12.9. The molecule has 2 aromatic rings. The number of carbonyl (C=O) groups excluding carboxylic acids is 2. The zero-order valence-electron chi connectivity index (χ0n) is 18.8. The van der Waals surface area contributed by atoms with E-state index in [2.05, 4.69) is 5.32 Å². The predicted molar refractivity (Wildman–Crippen MR) is 133 cm³/mol. The maximum atomic E-state index is 13.3. The molecule has 1 atom stereocenters. The van der Waals surface area contributed by atoms with Crippen LogP contribution in [0.2, 0.25) is 5.02 Å². The van der Waals surface area contributed by atoms with Crippen LogP contribution < -0.4 is 5.32 Å². The molecule has 0 spiro atoms. The Morgan fingerprint density at radius 3 is 2.41 bits per heavy atom. The first-order valence-electron chi connectivity index (χ1n) is 11.6. The molecule has 0 aromatic heterocycles. The lowest BCUT2D eigenvalue weighted by molar-refractivity contribution is -0.141. The number of amides is 2. The van der Waals surface area contributed by atoms with Crippen LogP contribution in [-0.2, 0) is 16.1 Å². The molecule has 0 unspecified atom stereocenters. The Kier molecular flexibility index (Phi) is 9.94. The number of hydrogen-bond donors (Lipinski definition) is 1. The number of benzene rings is 2. The highest BCUT2D eigenvalue weighted by atomic mass is 35.5. The van der Waals surface area contributed by atoms with E-state index in [1.807, 2.05) is 61.5 Å². The Balaban J connectivity index is 1.69. The van der Waals surface area contributed by atoms with Crippen LogP contribution in [0.1, 0.15) is 57.4 Å². The molecule has 0 radical (unpaired) electrons. The first kappa shape index (κ1) is 24.7. The van der Waals surface area contributed by atoms with Crippen LogP contribution in [0, 0.1) is 0 Å². The van der Waals surface area contributed by atoms with Gasteiger partial charge in [-0.3, -0.25) is 9.59 Å². The van der Waals surface area contributed by atoms with Gasteiger partial charge in [0.05, 0.1) is 0 Å². The molecule has 32 heavy (non-hydrogen) atoms. The van der Waals surface area contributed by atoms with E-state index in [0.29, 0.717) is 30.2 Å². The van der Waals surface area contributed by atoms with Gasteiger partial charge in [0.25, 0.3) is 0 Å². The summed E-state index contributed by atoms with van der Waals surface area (Å²) in [5.74, 6) is 0.659. The molecule has 1 saturated carbocycles. The second-order valence-electron chi connectivity index (χ2n) is 8.33. The van der Waals surface area contributed by atoms with E-state index in [1.165, 1.54) is 6.42 Å². The van der Waals surface area contributed by atoms with E-state index < -0.39 is 6.04 Å². The molecule has 1 aliphatic carbocycles. The van der Waals surface area contributed by atoms with Crippen LogP contribution in [-0.4, -0.2) is 34.6 Å². The van der Waals surface area contributed by atoms with E-state index in [4.69, 9.17) is 11.6 Å². The molecule has 1 N–H and O–H groups in total. The number of nitrogens with zero attached hydrogens (tertiary/aromatic N) is 1. The van der Waals surface area contributed by atoms with Crippen molar-refractivity contribution < 1.29 is 9.59 Å². The highest BCUT2D eigenvalue weighted by molar-refractivity contribution is 7.99. The van der Waals surface area contributed by atoms with E-state index in [9.17, 15) is 9.59 Å². The van der Waals surface area contributed by atoms with E-state index >= 15 is 0 Å². The number of rotatable bonds is 10. The van der Waals surface area contributed by atoms with Crippen molar-refractivity contribution in [3.05, 3.63) is 65.2 Å². The van der Waals surface area contributed by atoms with Gasteiger partial charge in [-0.2, -0.15) is 0 Å². The number of nitrogens with one attached hydrogen (secondary N) is 1. The largest absolute Gasteiger partial charge is 0.352 e. The Morgan fingerprint density at radius 2 is 1.75 bits per heavy atom. The zero-order chi connectivity index (χ0) is 22.8. The number of hydrogen-bond acceptors (Lipinski definition) is 3. The SMILES string of the molecule is CC[C@H](C(=O)NC1CCCCC1)N(Cc1ccc(Cl)cc1)C(=O)CCSc1ccccc1. The van der Waals surface area contributed by atoms with Gasteiger partial charge in [0.2, 0.25) is 11.8 Å². The van der Waals surface area contributed by atoms with E-state index in [-0.39, 0.29) is 17.9 Å². The highest BCUT2D eigenvalue weighted by Crippen LogP contribution is 2.22. The average Bonchev–Trinajstić information content (AvgIpc) is 2.81. The lowest BCUT2D eigenvalue weighted by Crippen LogP contribution is -2.51. The van der Waals surface area contributed by atoms with Crippen LogP contribution in [0.25, 0.3) is 0 Å². The summed E-state index contributed by atoms with van der Waals surface area (Å²) in [6, 6.07) is 17.3. The third-order valence-electron chi connectivity index (χ3n) is 5.93. The molecule has 0 heterocycles. The molecule has 3 rings (SSSR count). The third-order valence-corrected chi connectivity index (χ3v) is 7.20. The van der Waals surface area contributed by atoms with Gasteiger partial charge in [-0.15, -0.1) is 11.8 Å². The minimum absolute atomic E-state index is 0.00836. The lowest BCUT2D eigenvalue weighted by Gasteiger charge is -2.33. The van der Waals surface area contributed by atoms with Gasteiger partial charge in [0.1, 0.15) is 6.04 Å². The fourth-order valence-electron chi connectivity index (χ4n) is 4.17. The zero-order valence-corrected chi connectivity index (χ0v) is 20.3. The summed E-state index contributed by atoms with van der Waals surface area (Å²) in [7, 11) is 0. The number of thioether (sulfide) groups is 1. The van der Waals surface area contributed by atoms with Crippen molar-refractivity contribution in [2.75, 3.05) is 5.75 Å². The number of halogens is 1. The average molecular weight is 473 g/mol. The van der Waals surface area contributed by atoms with Crippen LogP contribution in [0.5, 0.6) is 0 Å². The molecule has 2 aromatic carbocycles. The van der Waals surface area contributed by atoms with Gasteiger partial charge in [-0.1, -0.05) is 68.1 Å². The minimum Gasteiger partial charge on any atom is -0.352 e. The third kappa shape index (κ3) is 7.56. The van der Waals surface area contributed by atoms with Gasteiger partial charge in [0.15, 0.2) is 0 Å². The molecular weight excluding hydrogens is 440 g/mol. The molecule has 1 fully saturated rings. The number of carbonyl (C=O) groups is 2. The van der Waals surface area contributed by atoms with E-state index in [1.54, 1.807) is 16.7 Å². The molecule has 2 amide bonds. The molecule has 1 aliphatic rings. The maximum absolute atomic E-state index is 13.3. The molecule has 172 valence electrons. The monoisotopic (exact) mass is 472 g/mol. The van der Waals surface area contributed by atoms with Crippen molar-refractivity contribution in [3.8, 4) is 0 Å². The van der Waals surface area contributed by atoms with Crippen molar-refractivity contribution in [1.29, 1.82) is 0 Å². The molecule has 0 aliphatic heterocycles. The van der Waals surface area contributed by atoms with Crippen molar-refractivity contribution in [1.82, 2.24) is 10.2 Å². The Morgan fingerprint density at radius 1 is 1.06 bits per heavy atom. The van der Waals surface area contributed by atoms with Gasteiger partial charge in [-0.05, 0) is 49.1 Å². The van der Waals surface area contributed by atoms with Gasteiger partial charge >= 0.3 is 0 Å². The van der Waals surface area contributed by atoms with Gasteiger partial charge in [-0.25, -0.2) is 0 Å². The van der Waals surface area contributed by atoms with Crippen molar-refractivity contribution >= 4 is 35.2 Å². The summed E-state index contributed by atoms with van der Waals surface area (Å²) < 4.78 is 0. The molecule has 4 nitrogen and oxygen atoms in total. The van der Waals surface area contributed by atoms with Crippen molar-refractivity contribution in [3.63, 3.8) is 0 Å². The van der Waals surface area contributed by atoms with E-state index in [0.717, 1.165) is 36.1 Å². The van der Waals surface area contributed by atoms with Crippen LogP contribution in [0.3, 0.4) is 0 Å². The molecule has 6 heteroatoms. The summed E-state index contributed by atoms with van der Waals surface area (Å²) in [4.78, 5) is 29.4. The lowest BCUT2D eigenvalue weighted by atomic mass is 9.95. The first-order valence-corrected chi connectivity index (χ1v) is 12.9. The Hall–Kier alpha value is -1.98. The van der Waals surface area contributed by atoms with Crippen LogP contribution >= 0.6 is 23.4 Å². The standard InChI is InChI=1S/C26H33ClN2O2S/c1-2-24(26(31)28-22-9-5-3-6-10-22)29(19-20-13-15-21(27)16-14-20)25(30)17-18-32-23-11-7-4-8-12-23/h4,7-8,11-16,22,24H,2-3,5-6,9-10,17-19H2,1H3,(H,28,31)/t24-/m1/s1. The molecule has 0 saturated heterocycles. The van der Waals surface area contributed by atoms with Crippen LogP contribution in [0.4, 0.5) is 0 Å². The first-order chi connectivity index (χ1) is 15.6. The quantitative estimate of drug-likeness (QED) is 0.426. The summed E-state index contributed by atoms with van der Waals surface area (Å²) in [5.41, 5.74) is 0.974. The normalized spacial score (nSPS) is 15.2. The van der Waals surface area contributed by atoms with Crippen LogP contribution in [0.15, 0.2) is 59.5 Å². The van der Waals surface area contributed by atoms with Crippen molar-refractivity contribution in [2.24, 2.45) is 0 Å². The fraction of sp³-hybridized carbons (Fsp3) is 0.462. The van der Waals surface area contributed by atoms with Gasteiger partial charge in [0, 0.05) is 34.7 Å². The minimum atomic E-state index is -0.471.